The first kappa shape index (κ1) is 12.0. The van der Waals surface area contributed by atoms with Crippen LogP contribution in [0.1, 0.15) is 11.1 Å². The fourth-order valence-corrected chi connectivity index (χ4v) is 0.816. The lowest BCUT2D eigenvalue weighted by atomic mass is 10.1. The molecule has 0 fully saturated rings. The minimum absolute atomic E-state index is 1.22. The first-order chi connectivity index (χ1) is 6.07. The fourth-order valence-electron chi connectivity index (χ4n) is 0.816. The predicted molar refractivity (Wildman–Crippen MR) is 53.3 cm³/mol. The van der Waals surface area contributed by atoms with Crippen LogP contribution in [0.25, 0.3) is 6.08 Å². The van der Waals surface area contributed by atoms with Crippen LogP contribution in [0.3, 0.4) is 0 Å². The van der Waals surface area contributed by atoms with Gasteiger partial charge in [0.05, 0.1) is 0 Å². The van der Waals surface area contributed by atoms with Crippen LogP contribution in [-0.2, 0) is 4.57 Å². The van der Waals surface area contributed by atoms with Crippen molar-refractivity contribution in [3.63, 3.8) is 0 Å². The average molecular weight is 199 g/mol. The van der Waals surface area contributed by atoms with Gasteiger partial charge in [-0.2, -0.15) is 0 Å². The molecule has 0 spiro atoms. The lowest BCUT2D eigenvalue weighted by Gasteiger charge is -1.95. The van der Waals surface area contributed by atoms with E-state index in [1.807, 2.05) is 18.2 Å². The van der Waals surface area contributed by atoms with Gasteiger partial charge in [0.2, 0.25) is 0 Å². The molecular formula is C9H12O3P+. The molecule has 0 amide bonds. The third kappa shape index (κ3) is 6.17. The smallest absolute Gasteiger partial charge is 0.134 e. The summed E-state index contributed by atoms with van der Waals surface area (Å²) >= 11 is 0. The van der Waals surface area contributed by atoms with Gasteiger partial charge < -0.3 is 0 Å². The van der Waals surface area contributed by atoms with Gasteiger partial charge in [-0.1, -0.05) is 36.9 Å². The van der Waals surface area contributed by atoms with E-state index in [0.717, 1.165) is 0 Å². The van der Waals surface area contributed by atoms with Crippen molar-refractivity contribution >= 4 is 14.3 Å². The maximum Gasteiger partial charge on any atom is 0.692 e. The zero-order chi connectivity index (χ0) is 10.3. The molecule has 0 radical (unpaired) electrons. The van der Waals surface area contributed by atoms with Gasteiger partial charge in [0.25, 0.3) is 0 Å². The molecule has 0 heterocycles. The number of hydrogen-bond acceptors (Lipinski definition) is 1. The first-order valence-electron chi connectivity index (χ1n) is 3.61. The average Bonchev–Trinajstić information content (AvgIpc) is 2.04. The Balaban J connectivity index is 0.000000310. The van der Waals surface area contributed by atoms with E-state index in [4.69, 9.17) is 14.4 Å². The molecule has 0 saturated carbocycles. The molecule has 0 unspecified atom stereocenters. The number of aryl methyl sites for hydroxylation is 1. The largest absolute Gasteiger partial charge is 0.692 e. The van der Waals surface area contributed by atoms with Crippen molar-refractivity contribution < 1.29 is 14.4 Å². The quantitative estimate of drug-likeness (QED) is 0.682. The number of hydrogen-bond donors (Lipinski definition) is 2. The molecule has 0 aliphatic heterocycles. The standard InChI is InChI=1S/C9H10.HO3P/c1-3-9-7-5-4-6-8(9)2;1-4(2)3/h3-7H,1H2,2H3;(H-,1,2,3)/p+1. The van der Waals surface area contributed by atoms with E-state index >= 15 is 0 Å². The molecule has 1 aromatic rings. The Bertz CT molecular complexity index is 293. The van der Waals surface area contributed by atoms with Crippen LogP contribution >= 0.6 is 8.25 Å². The van der Waals surface area contributed by atoms with Crippen molar-refractivity contribution in [2.45, 2.75) is 6.92 Å². The van der Waals surface area contributed by atoms with Crippen molar-refractivity contribution in [1.29, 1.82) is 0 Å². The van der Waals surface area contributed by atoms with Crippen molar-refractivity contribution in [3.05, 3.63) is 42.0 Å². The molecule has 0 aliphatic rings. The summed E-state index contributed by atoms with van der Waals surface area (Å²) in [5, 5.41) is 0. The van der Waals surface area contributed by atoms with Crippen molar-refractivity contribution in [1.82, 2.24) is 0 Å². The molecule has 0 saturated heterocycles. The van der Waals surface area contributed by atoms with Crippen LogP contribution < -0.4 is 0 Å². The van der Waals surface area contributed by atoms with Crippen LogP contribution in [0, 0.1) is 6.92 Å². The summed E-state index contributed by atoms with van der Waals surface area (Å²) in [5.74, 6) is 0. The van der Waals surface area contributed by atoms with Crippen molar-refractivity contribution in [2.24, 2.45) is 0 Å². The third-order valence-corrected chi connectivity index (χ3v) is 1.41. The Hall–Kier alpha value is -1.02. The lowest BCUT2D eigenvalue weighted by molar-refractivity contribution is 0.405. The van der Waals surface area contributed by atoms with Gasteiger partial charge >= 0.3 is 8.25 Å². The minimum atomic E-state index is -2.87. The van der Waals surface area contributed by atoms with Gasteiger partial charge in [0.1, 0.15) is 0 Å². The van der Waals surface area contributed by atoms with E-state index in [9.17, 15) is 0 Å². The highest BCUT2D eigenvalue weighted by molar-refractivity contribution is 7.30. The molecule has 0 aromatic heterocycles. The second-order valence-electron chi connectivity index (χ2n) is 2.31. The highest BCUT2D eigenvalue weighted by Crippen LogP contribution is 2.06. The summed E-state index contributed by atoms with van der Waals surface area (Å²) in [6.45, 7) is 5.77. The summed E-state index contributed by atoms with van der Waals surface area (Å²) in [6, 6.07) is 8.19. The maximum atomic E-state index is 8.70. The molecule has 4 heteroatoms. The topological polar surface area (TPSA) is 57.5 Å². The molecule has 2 N–H and O–H groups in total. The maximum absolute atomic E-state index is 8.70. The van der Waals surface area contributed by atoms with Gasteiger partial charge in [-0.3, -0.25) is 0 Å². The fraction of sp³-hybridized carbons (Fsp3) is 0.111. The predicted octanol–water partition coefficient (Wildman–Crippen LogP) is 2.27. The van der Waals surface area contributed by atoms with E-state index in [2.05, 4.69) is 25.6 Å². The summed E-state index contributed by atoms with van der Waals surface area (Å²) in [6.07, 6.45) is 1.87. The minimum Gasteiger partial charge on any atom is -0.134 e. The second kappa shape index (κ2) is 6.49. The van der Waals surface area contributed by atoms with Crippen LogP contribution in [0.15, 0.2) is 30.8 Å². The van der Waals surface area contributed by atoms with Gasteiger partial charge in [0.15, 0.2) is 0 Å². The third-order valence-electron chi connectivity index (χ3n) is 1.41. The zero-order valence-corrected chi connectivity index (χ0v) is 8.24. The van der Waals surface area contributed by atoms with Crippen LogP contribution in [0.4, 0.5) is 0 Å². The Morgan fingerprint density at radius 3 is 2.15 bits per heavy atom. The molecule has 1 rings (SSSR count). The van der Waals surface area contributed by atoms with Crippen LogP contribution in [-0.4, -0.2) is 9.79 Å². The molecule has 3 nitrogen and oxygen atoms in total. The highest BCUT2D eigenvalue weighted by atomic mass is 31.1. The Morgan fingerprint density at radius 1 is 1.38 bits per heavy atom. The molecule has 0 aliphatic carbocycles. The normalized spacial score (nSPS) is 8.23. The van der Waals surface area contributed by atoms with E-state index < -0.39 is 8.25 Å². The van der Waals surface area contributed by atoms with E-state index in [-0.39, 0.29) is 0 Å². The summed E-state index contributed by atoms with van der Waals surface area (Å²) in [4.78, 5) is 14.2. The van der Waals surface area contributed by atoms with Gasteiger partial charge in [-0.25, -0.2) is 0 Å². The van der Waals surface area contributed by atoms with Crippen LogP contribution in [0.5, 0.6) is 0 Å². The molecule has 0 atom stereocenters. The Labute approximate surface area is 78.3 Å². The summed E-state index contributed by atoms with van der Waals surface area (Å²) in [5.41, 5.74) is 2.50. The van der Waals surface area contributed by atoms with E-state index in [1.165, 1.54) is 11.1 Å². The molecule has 70 valence electrons. The SMILES string of the molecule is C=Cc1ccccc1C.O=[P+](O)O. The molecule has 13 heavy (non-hydrogen) atoms. The number of benzene rings is 1. The first-order valence-corrected chi connectivity index (χ1v) is 4.77. The van der Waals surface area contributed by atoms with Crippen LogP contribution in [0.2, 0.25) is 0 Å². The monoisotopic (exact) mass is 199 g/mol. The van der Waals surface area contributed by atoms with E-state index in [1.54, 1.807) is 0 Å². The van der Waals surface area contributed by atoms with E-state index in [0.29, 0.717) is 0 Å². The molecule has 0 bridgehead atoms. The lowest BCUT2D eigenvalue weighted by Crippen LogP contribution is -1.75. The highest BCUT2D eigenvalue weighted by Gasteiger charge is 1.93. The zero-order valence-electron chi connectivity index (χ0n) is 7.34. The number of rotatable bonds is 1. The Kier molecular flexibility index (Phi) is 5.98. The Morgan fingerprint density at radius 2 is 1.85 bits per heavy atom. The summed E-state index contributed by atoms with van der Waals surface area (Å²) in [7, 11) is -2.87. The van der Waals surface area contributed by atoms with Gasteiger partial charge in [-0.15, -0.1) is 9.79 Å². The molecule has 1 aromatic carbocycles. The molecular weight excluding hydrogens is 187 g/mol. The van der Waals surface area contributed by atoms with Gasteiger partial charge in [-0.05, 0) is 18.1 Å². The van der Waals surface area contributed by atoms with Gasteiger partial charge in [0, 0.05) is 4.57 Å². The van der Waals surface area contributed by atoms with Crippen molar-refractivity contribution in [2.75, 3.05) is 0 Å². The summed E-state index contributed by atoms with van der Waals surface area (Å²) < 4.78 is 8.70. The second-order valence-corrected chi connectivity index (χ2v) is 2.82. The van der Waals surface area contributed by atoms with Crippen molar-refractivity contribution in [3.8, 4) is 0 Å².